The minimum absolute atomic E-state index is 0.0390. The van der Waals surface area contributed by atoms with Gasteiger partial charge >= 0.3 is 0 Å². The molecule has 0 radical (unpaired) electrons. The first-order chi connectivity index (χ1) is 13.0. The SMILES string of the molecule is O=C(CSc1n[nH]c(=S)s1)NC[C@H]1CN(Cc2ccc(Cl)c(Cl)c2)CCO1. The van der Waals surface area contributed by atoms with Gasteiger partial charge in [-0.05, 0) is 29.9 Å². The fraction of sp³-hybridized carbons (Fsp3) is 0.438. The zero-order valence-electron chi connectivity index (χ0n) is 14.2. The lowest BCUT2D eigenvalue weighted by Gasteiger charge is -2.33. The van der Waals surface area contributed by atoms with Gasteiger partial charge in [-0.25, -0.2) is 0 Å². The normalized spacial score (nSPS) is 17.8. The van der Waals surface area contributed by atoms with Crippen molar-refractivity contribution in [3.8, 4) is 0 Å². The first-order valence-electron chi connectivity index (χ1n) is 8.22. The number of amides is 1. The van der Waals surface area contributed by atoms with E-state index in [0.29, 0.717) is 32.9 Å². The van der Waals surface area contributed by atoms with E-state index in [9.17, 15) is 4.79 Å². The van der Waals surface area contributed by atoms with Crippen LogP contribution in [0.1, 0.15) is 5.56 Å². The predicted octanol–water partition coefficient (Wildman–Crippen LogP) is 3.62. The van der Waals surface area contributed by atoms with Crippen molar-refractivity contribution in [2.45, 2.75) is 17.0 Å². The molecule has 3 rings (SSSR count). The summed E-state index contributed by atoms with van der Waals surface area (Å²) in [6.07, 6.45) is -0.0390. The minimum atomic E-state index is -0.0497. The highest BCUT2D eigenvalue weighted by molar-refractivity contribution is 8.01. The molecule has 0 aliphatic carbocycles. The van der Waals surface area contributed by atoms with Gasteiger partial charge in [0.1, 0.15) is 0 Å². The van der Waals surface area contributed by atoms with Gasteiger partial charge in [0.05, 0.1) is 28.5 Å². The molecule has 1 aliphatic heterocycles. The zero-order chi connectivity index (χ0) is 19.2. The summed E-state index contributed by atoms with van der Waals surface area (Å²) in [5.41, 5.74) is 1.10. The van der Waals surface area contributed by atoms with Gasteiger partial charge in [0.25, 0.3) is 0 Å². The van der Waals surface area contributed by atoms with Gasteiger partial charge in [-0.3, -0.25) is 14.8 Å². The van der Waals surface area contributed by atoms with Crippen molar-refractivity contribution in [3.05, 3.63) is 37.8 Å². The molecule has 2 N–H and O–H groups in total. The van der Waals surface area contributed by atoms with Crippen molar-refractivity contribution >= 4 is 64.4 Å². The maximum absolute atomic E-state index is 12.0. The van der Waals surface area contributed by atoms with Gasteiger partial charge in [0, 0.05) is 26.2 Å². The molecule has 1 fully saturated rings. The molecule has 11 heteroatoms. The number of aromatic amines is 1. The topological polar surface area (TPSA) is 70.2 Å². The fourth-order valence-corrected chi connectivity index (χ4v) is 4.86. The zero-order valence-corrected chi connectivity index (χ0v) is 18.2. The van der Waals surface area contributed by atoms with Crippen LogP contribution in [0.5, 0.6) is 0 Å². The lowest BCUT2D eigenvalue weighted by atomic mass is 10.2. The van der Waals surface area contributed by atoms with E-state index < -0.39 is 0 Å². The molecule has 2 aromatic rings. The van der Waals surface area contributed by atoms with Crippen LogP contribution >= 0.6 is 58.5 Å². The standard InChI is InChI=1S/C16H18Cl2N4O2S3/c17-12-2-1-10(5-13(12)18)7-22-3-4-24-11(8-22)6-19-14(23)9-26-16-21-20-15(25)27-16/h1-2,5,11H,3-4,6-9H2,(H,19,23)(H,20,25)/t11-/m0/s1. The summed E-state index contributed by atoms with van der Waals surface area (Å²) < 4.78 is 7.13. The van der Waals surface area contributed by atoms with Crippen LogP contribution in [0, 0.1) is 3.95 Å². The van der Waals surface area contributed by atoms with E-state index in [-0.39, 0.29) is 12.0 Å². The highest BCUT2D eigenvalue weighted by atomic mass is 35.5. The Morgan fingerprint density at radius 1 is 1.48 bits per heavy atom. The van der Waals surface area contributed by atoms with Crippen LogP contribution in [0.4, 0.5) is 0 Å². The van der Waals surface area contributed by atoms with Crippen molar-refractivity contribution < 1.29 is 9.53 Å². The van der Waals surface area contributed by atoms with Crippen LogP contribution in [0.3, 0.4) is 0 Å². The molecule has 1 atom stereocenters. The number of thioether (sulfide) groups is 1. The quantitative estimate of drug-likeness (QED) is 0.481. The molecule has 1 amide bonds. The molecule has 0 bridgehead atoms. The van der Waals surface area contributed by atoms with Gasteiger partial charge in [-0.1, -0.05) is 52.4 Å². The molecule has 1 aliphatic rings. The molecule has 6 nitrogen and oxygen atoms in total. The van der Waals surface area contributed by atoms with E-state index in [1.165, 1.54) is 23.1 Å². The molecule has 2 heterocycles. The molecular weight excluding hydrogens is 447 g/mol. The Bertz CT molecular complexity index is 845. The van der Waals surface area contributed by atoms with Crippen LogP contribution in [0.25, 0.3) is 0 Å². The van der Waals surface area contributed by atoms with Crippen LogP contribution in [0.15, 0.2) is 22.5 Å². The molecule has 0 unspecified atom stereocenters. The fourth-order valence-electron chi connectivity index (χ4n) is 2.63. The average Bonchev–Trinajstić information content (AvgIpc) is 3.07. The van der Waals surface area contributed by atoms with Gasteiger partial charge < -0.3 is 10.1 Å². The van der Waals surface area contributed by atoms with Crippen molar-refractivity contribution in [2.24, 2.45) is 0 Å². The number of rotatable bonds is 7. The summed E-state index contributed by atoms with van der Waals surface area (Å²) in [5, 5.41) is 10.8. The largest absolute Gasteiger partial charge is 0.374 e. The van der Waals surface area contributed by atoms with E-state index in [1.54, 1.807) is 0 Å². The maximum atomic E-state index is 12.0. The molecule has 0 spiro atoms. The third-order valence-corrected chi connectivity index (χ3v) is 6.86. The first-order valence-corrected chi connectivity index (χ1v) is 11.2. The maximum Gasteiger partial charge on any atom is 0.230 e. The van der Waals surface area contributed by atoms with Crippen LogP contribution < -0.4 is 5.32 Å². The highest BCUT2D eigenvalue weighted by Gasteiger charge is 2.21. The number of carbonyl (C=O) groups excluding carboxylic acids is 1. The number of hydrogen-bond acceptors (Lipinski definition) is 7. The minimum Gasteiger partial charge on any atom is -0.374 e. The van der Waals surface area contributed by atoms with Gasteiger partial charge in [-0.2, -0.15) is 5.10 Å². The average molecular weight is 465 g/mol. The van der Waals surface area contributed by atoms with Crippen molar-refractivity contribution in [2.75, 3.05) is 32.0 Å². The number of morpholine rings is 1. The number of benzene rings is 1. The number of nitrogens with zero attached hydrogens (tertiary/aromatic N) is 2. The Morgan fingerprint density at radius 3 is 3.07 bits per heavy atom. The van der Waals surface area contributed by atoms with E-state index >= 15 is 0 Å². The van der Waals surface area contributed by atoms with Gasteiger partial charge in [0.2, 0.25) is 5.91 Å². The number of nitrogens with one attached hydrogen (secondary N) is 2. The highest BCUT2D eigenvalue weighted by Crippen LogP contribution is 2.23. The van der Waals surface area contributed by atoms with E-state index in [2.05, 4.69) is 20.4 Å². The van der Waals surface area contributed by atoms with E-state index in [0.717, 1.165) is 29.5 Å². The summed E-state index contributed by atoms with van der Waals surface area (Å²) in [7, 11) is 0. The van der Waals surface area contributed by atoms with Crippen LogP contribution in [-0.2, 0) is 16.1 Å². The lowest BCUT2D eigenvalue weighted by molar-refractivity contribution is -0.119. The lowest BCUT2D eigenvalue weighted by Crippen LogP contribution is -2.47. The number of halogens is 2. The molecule has 146 valence electrons. The Labute approximate surface area is 180 Å². The van der Waals surface area contributed by atoms with Gasteiger partial charge in [0.15, 0.2) is 8.29 Å². The monoisotopic (exact) mass is 464 g/mol. The Hall–Kier alpha value is -0.680. The van der Waals surface area contributed by atoms with Crippen molar-refractivity contribution in [1.82, 2.24) is 20.4 Å². The van der Waals surface area contributed by atoms with E-state index in [1.807, 2.05) is 18.2 Å². The summed E-state index contributed by atoms with van der Waals surface area (Å²) >= 11 is 19.7. The molecule has 1 aromatic carbocycles. The van der Waals surface area contributed by atoms with Crippen LogP contribution in [0.2, 0.25) is 10.0 Å². The second kappa shape index (κ2) is 10.2. The number of aromatic nitrogens is 2. The summed E-state index contributed by atoms with van der Waals surface area (Å²) in [5.74, 6) is 0.252. The van der Waals surface area contributed by atoms with Crippen molar-refractivity contribution in [1.29, 1.82) is 0 Å². The second-order valence-corrected chi connectivity index (χ2v) is 9.65. The number of ether oxygens (including phenoxy) is 1. The first kappa shape index (κ1) is 21.0. The summed E-state index contributed by atoms with van der Waals surface area (Å²) in [6.45, 7) is 3.46. The smallest absolute Gasteiger partial charge is 0.230 e. The Morgan fingerprint density at radius 2 is 2.33 bits per heavy atom. The van der Waals surface area contributed by atoms with Gasteiger partial charge in [-0.15, -0.1) is 0 Å². The third kappa shape index (κ3) is 6.70. The third-order valence-electron chi connectivity index (χ3n) is 3.89. The number of H-pyrrole nitrogens is 1. The summed E-state index contributed by atoms with van der Waals surface area (Å²) in [4.78, 5) is 14.3. The Balaban J connectivity index is 1.41. The molecule has 27 heavy (non-hydrogen) atoms. The second-order valence-electron chi connectivity index (χ2n) is 5.95. The molecular formula is C16H18Cl2N4O2S3. The Kier molecular flexibility index (Phi) is 7.95. The van der Waals surface area contributed by atoms with E-state index in [4.69, 9.17) is 40.2 Å². The number of carbonyl (C=O) groups is 1. The summed E-state index contributed by atoms with van der Waals surface area (Å²) in [6, 6.07) is 5.67. The molecule has 1 saturated heterocycles. The van der Waals surface area contributed by atoms with Crippen molar-refractivity contribution in [3.63, 3.8) is 0 Å². The molecule has 0 saturated carbocycles. The number of hydrogen-bond donors (Lipinski definition) is 2. The molecule has 1 aromatic heterocycles. The van der Waals surface area contributed by atoms with Crippen LogP contribution in [-0.4, -0.2) is 59.1 Å². The predicted molar refractivity (Wildman–Crippen MR) is 113 cm³/mol.